The molecule has 3 rings (SSSR count). The maximum absolute atomic E-state index is 12.1. The summed E-state index contributed by atoms with van der Waals surface area (Å²) >= 11 is 8.59. The SMILES string of the molecule is CC(=O)N(c1nnc(SCC(=O)Nc2cc(Cl)ccc2C)s1)C1CC1. The fourth-order valence-electron chi connectivity index (χ4n) is 2.28. The molecule has 0 bridgehead atoms. The molecular formula is C16H17ClN4O2S2. The predicted molar refractivity (Wildman–Crippen MR) is 102 cm³/mol. The lowest BCUT2D eigenvalue weighted by Gasteiger charge is -2.15. The van der Waals surface area contributed by atoms with Gasteiger partial charge in [0.1, 0.15) is 0 Å². The Kier molecular flexibility index (Phi) is 5.61. The number of amides is 2. The molecule has 2 aromatic rings. The minimum absolute atomic E-state index is 0.0237. The highest BCUT2D eigenvalue weighted by molar-refractivity contribution is 8.01. The van der Waals surface area contributed by atoms with E-state index in [-0.39, 0.29) is 23.6 Å². The Morgan fingerprint density at radius 3 is 2.84 bits per heavy atom. The molecule has 6 nitrogen and oxygen atoms in total. The molecule has 0 atom stereocenters. The maximum Gasteiger partial charge on any atom is 0.234 e. The van der Waals surface area contributed by atoms with E-state index in [1.807, 2.05) is 13.0 Å². The predicted octanol–water partition coefficient (Wildman–Crippen LogP) is 3.75. The average molecular weight is 397 g/mol. The van der Waals surface area contributed by atoms with Gasteiger partial charge in [-0.25, -0.2) is 0 Å². The summed E-state index contributed by atoms with van der Waals surface area (Å²) in [5.41, 5.74) is 1.65. The van der Waals surface area contributed by atoms with Gasteiger partial charge in [-0.3, -0.25) is 14.5 Å². The van der Waals surface area contributed by atoms with Gasteiger partial charge >= 0.3 is 0 Å². The van der Waals surface area contributed by atoms with Gasteiger partial charge in [-0.15, -0.1) is 10.2 Å². The van der Waals surface area contributed by atoms with Gasteiger partial charge in [-0.2, -0.15) is 0 Å². The van der Waals surface area contributed by atoms with E-state index in [4.69, 9.17) is 11.6 Å². The molecule has 1 heterocycles. The number of aryl methyl sites for hydroxylation is 1. The normalized spacial score (nSPS) is 13.6. The highest BCUT2D eigenvalue weighted by Crippen LogP contribution is 2.35. The van der Waals surface area contributed by atoms with E-state index >= 15 is 0 Å². The number of carbonyl (C=O) groups excluding carboxylic acids is 2. The second kappa shape index (κ2) is 7.72. The number of thioether (sulfide) groups is 1. The van der Waals surface area contributed by atoms with Crippen molar-refractivity contribution in [3.8, 4) is 0 Å². The van der Waals surface area contributed by atoms with Gasteiger partial charge in [-0.1, -0.05) is 40.8 Å². The van der Waals surface area contributed by atoms with E-state index in [1.54, 1.807) is 17.0 Å². The van der Waals surface area contributed by atoms with Gasteiger partial charge in [0.25, 0.3) is 0 Å². The Morgan fingerprint density at radius 2 is 2.16 bits per heavy atom. The van der Waals surface area contributed by atoms with Crippen molar-refractivity contribution in [3.63, 3.8) is 0 Å². The molecule has 2 amide bonds. The Labute approximate surface area is 159 Å². The van der Waals surface area contributed by atoms with Crippen LogP contribution in [0.3, 0.4) is 0 Å². The van der Waals surface area contributed by atoms with Gasteiger partial charge in [0.15, 0.2) is 4.34 Å². The summed E-state index contributed by atoms with van der Waals surface area (Å²) in [7, 11) is 0. The van der Waals surface area contributed by atoms with E-state index < -0.39 is 0 Å². The van der Waals surface area contributed by atoms with Crippen LogP contribution in [0.5, 0.6) is 0 Å². The average Bonchev–Trinajstić information content (AvgIpc) is 3.26. The molecule has 1 aliphatic carbocycles. The molecule has 1 aromatic carbocycles. The molecule has 1 aliphatic rings. The first-order valence-electron chi connectivity index (χ1n) is 7.76. The summed E-state index contributed by atoms with van der Waals surface area (Å²) in [6, 6.07) is 5.61. The fourth-order valence-corrected chi connectivity index (χ4v) is 4.21. The van der Waals surface area contributed by atoms with Crippen molar-refractivity contribution >= 4 is 57.3 Å². The van der Waals surface area contributed by atoms with Gasteiger partial charge in [0.2, 0.25) is 16.9 Å². The number of benzene rings is 1. The number of carbonyl (C=O) groups is 2. The van der Waals surface area contributed by atoms with Crippen molar-refractivity contribution in [1.29, 1.82) is 0 Å². The quantitative estimate of drug-likeness (QED) is 0.594. The van der Waals surface area contributed by atoms with Crippen LogP contribution < -0.4 is 10.2 Å². The van der Waals surface area contributed by atoms with E-state index in [9.17, 15) is 9.59 Å². The molecule has 1 N–H and O–H groups in total. The molecule has 1 aromatic heterocycles. The first kappa shape index (κ1) is 18.2. The number of nitrogens with zero attached hydrogens (tertiary/aromatic N) is 3. The van der Waals surface area contributed by atoms with Gasteiger partial charge in [0.05, 0.1) is 5.75 Å². The van der Waals surface area contributed by atoms with E-state index in [0.717, 1.165) is 18.4 Å². The van der Waals surface area contributed by atoms with Gasteiger partial charge in [-0.05, 0) is 37.5 Å². The van der Waals surface area contributed by atoms with E-state index in [2.05, 4.69) is 15.5 Å². The summed E-state index contributed by atoms with van der Waals surface area (Å²) in [6.07, 6.45) is 2.01. The van der Waals surface area contributed by atoms with Crippen LogP contribution in [0.25, 0.3) is 0 Å². The third kappa shape index (κ3) is 4.71. The Bertz CT molecular complexity index is 807. The number of hydrogen-bond acceptors (Lipinski definition) is 6. The minimum atomic E-state index is -0.141. The van der Waals surface area contributed by atoms with Gasteiger partial charge in [0, 0.05) is 23.7 Å². The number of nitrogens with one attached hydrogen (secondary N) is 1. The van der Waals surface area contributed by atoms with Crippen molar-refractivity contribution in [2.75, 3.05) is 16.0 Å². The lowest BCUT2D eigenvalue weighted by molar-refractivity contribution is -0.116. The highest BCUT2D eigenvalue weighted by Gasteiger charge is 2.34. The monoisotopic (exact) mass is 396 g/mol. The third-order valence-electron chi connectivity index (χ3n) is 3.65. The largest absolute Gasteiger partial charge is 0.325 e. The molecular weight excluding hydrogens is 380 g/mol. The second-order valence-corrected chi connectivity index (χ2v) is 8.38. The van der Waals surface area contributed by atoms with Crippen molar-refractivity contribution in [2.45, 2.75) is 37.1 Å². The lowest BCUT2D eigenvalue weighted by atomic mass is 10.2. The summed E-state index contributed by atoms with van der Waals surface area (Å²) in [4.78, 5) is 25.6. The van der Waals surface area contributed by atoms with E-state index in [0.29, 0.717) is 20.2 Å². The molecule has 9 heteroatoms. The number of hydrogen-bond donors (Lipinski definition) is 1. The van der Waals surface area contributed by atoms with Crippen LogP contribution in [0.2, 0.25) is 5.02 Å². The highest BCUT2D eigenvalue weighted by atomic mass is 35.5. The third-order valence-corrected chi connectivity index (χ3v) is 5.94. The summed E-state index contributed by atoms with van der Waals surface area (Å²) in [6.45, 7) is 3.44. The Morgan fingerprint density at radius 1 is 1.40 bits per heavy atom. The van der Waals surface area contributed by atoms with Crippen LogP contribution >= 0.6 is 34.7 Å². The standard InChI is InChI=1S/C16H17ClN4O2S2/c1-9-3-4-11(17)7-13(9)18-14(23)8-24-16-20-19-15(25-16)21(10(2)22)12-5-6-12/h3-4,7,12H,5-6,8H2,1-2H3,(H,18,23). The second-order valence-electron chi connectivity index (χ2n) is 5.77. The molecule has 1 fully saturated rings. The molecule has 132 valence electrons. The van der Waals surface area contributed by atoms with Crippen LogP contribution in [0, 0.1) is 6.92 Å². The fraction of sp³-hybridized carbons (Fsp3) is 0.375. The summed E-state index contributed by atoms with van der Waals surface area (Å²) in [5.74, 6) is 0.0477. The van der Waals surface area contributed by atoms with Crippen LogP contribution in [0.15, 0.2) is 22.5 Å². The van der Waals surface area contributed by atoms with Crippen molar-refractivity contribution in [1.82, 2.24) is 10.2 Å². The molecule has 25 heavy (non-hydrogen) atoms. The Hall–Kier alpha value is -1.64. The zero-order valence-corrected chi connectivity index (χ0v) is 16.2. The van der Waals surface area contributed by atoms with E-state index in [1.165, 1.54) is 30.0 Å². The number of anilines is 2. The molecule has 0 saturated heterocycles. The van der Waals surface area contributed by atoms with Crippen molar-refractivity contribution in [2.24, 2.45) is 0 Å². The minimum Gasteiger partial charge on any atom is -0.325 e. The number of halogens is 1. The topological polar surface area (TPSA) is 75.2 Å². The smallest absolute Gasteiger partial charge is 0.234 e. The van der Waals surface area contributed by atoms with Crippen molar-refractivity contribution in [3.05, 3.63) is 28.8 Å². The van der Waals surface area contributed by atoms with Gasteiger partial charge < -0.3 is 5.32 Å². The van der Waals surface area contributed by atoms with Crippen LogP contribution in [-0.2, 0) is 9.59 Å². The Balaban J connectivity index is 1.57. The molecule has 0 radical (unpaired) electrons. The summed E-state index contributed by atoms with van der Waals surface area (Å²) < 4.78 is 0.667. The van der Waals surface area contributed by atoms with Crippen molar-refractivity contribution < 1.29 is 9.59 Å². The maximum atomic E-state index is 12.1. The molecule has 0 spiro atoms. The molecule has 0 unspecified atom stereocenters. The first-order chi connectivity index (χ1) is 11.9. The van der Waals surface area contributed by atoms with Crippen LogP contribution in [0.1, 0.15) is 25.3 Å². The first-order valence-corrected chi connectivity index (χ1v) is 9.94. The molecule has 0 aliphatic heterocycles. The lowest BCUT2D eigenvalue weighted by Crippen LogP contribution is -2.30. The zero-order chi connectivity index (χ0) is 18.0. The number of aromatic nitrogens is 2. The number of rotatable bonds is 6. The molecule has 1 saturated carbocycles. The zero-order valence-electron chi connectivity index (χ0n) is 13.8. The van der Waals surface area contributed by atoms with Crippen LogP contribution in [0.4, 0.5) is 10.8 Å². The van der Waals surface area contributed by atoms with Crippen LogP contribution in [-0.4, -0.2) is 33.8 Å². The summed E-state index contributed by atoms with van der Waals surface area (Å²) in [5, 5.41) is 12.2.